The maximum atomic E-state index is 11.7. The molecule has 1 saturated carbocycles. The maximum Gasteiger partial charge on any atom is 0.160 e. The maximum absolute atomic E-state index is 11.7. The Hall–Kier alpha value is -1.18. The Labute approximate surface area is 82.7 Å². The molecule has 0 heterocycles. The Bertz CT molecular complexity index is 331. The van der Waals surface area contributed by atoms with Gasteiger partial charge >= 0.3 is 0 Å². The quantitative estimate of drug-likeness (QED) is 0.540. The molecule has 14 heavy (non-hydrogen) atoms. The minimum absolute atomic E-state index is 0.0313. The van der Waals surface area contributed by atoms with Gasteiger partial charge < -0.3 is 0 Å². The summed E-state index contributed by atoms with van der Waals surface area (Å²) in [7, 11) is 0. The molecule has 0 spiro atoms. The van der Waals surface area contributed by atoms with Crippen molar-refractivity contribution < 1.29 is 9.59 Å². The fourth-order valence-electron chi connectivity index (χ4n) is 3.16. The number of hydrogen-bond donors (Lipinski definition) is 0. The number of allylic oxidation sites excluding steroid dienone is 4. The van der Waals surface area contributed by atoms with Crippen LogP contribution in [0.5, 0.6) is 0 Å². The van der Waals surface area contributed by atoms with Crippen molar-refractivity contribution >= 4 is 11.6 Å². The monoisotopic (exact) mass is 188 g/mol. The SMILES string of the molecule is O=C1C=CC(=O)[C@H]2C3C=CC(CC3)[C@@H]12. The lowest BCUT2D eigenvalue weighted by molar-refractivity contribution is -0.134. The van der Waals surface area contributed by atoms with Gasteiger partial charge in [0.1, 0.15) is 0 Å². The summed E-state index contributed by atoms with van der Waals surface area (Å²) in [6, 6.07) is 0. The highest BCUT2D eigenvalue weighted by Gasteiger charge is 2.47. The molecule has 72 valence electrons. The van der Waals surface area contributed by atoms with Crippen LogP contribution in [-0.2, 0) is 9.59 Å². The van der Waals surface area contributed by atoms with Crippen molar-refractivity contribution in [2.24, 2.45) is 23.7 Å². The van der Waals surface area contributed by atoms with Gasteiger partial charge in [0.2, 0.25) is 0 Å². The minimum Gasteiger partial charge on any atom is -0.294 e. The van der Waals surface area contributed by atoms with Gasteiger partial charge in [-0.2, -0.15) is 0 Å². The van der Waals surface area contributed by atoms with Crippen molar-refractivity contribution in [2.75, 3.05) is 0 Å². The van der Waals surface area contributed by atoms with E-state index >= 15 is 0 Å². The number of ketones is 2. The predicted molar refractivity (Wildman–Crippen MR) is 51.5 cm³/mol. The molecule has 0 aromatic heterocycles. The molecule has 4 aliphatic carbocycles. The highest BCUT2D eigenvalue weighted by Crippen LogP contribution is 2.47. The molecule has 2 unspecified atom stereocenters. The minimum atomic E-state index is -0.0313. The first-order valence-electron chi connectivity index (χ1n) is 5.21. The zero-order valence-electron chi connectivity index (χ0n) is 7.85. The van der Waals surface area contributed by atoms with E-state index in [4.69, 9.17) is 0 Å². The zero-order chi connectivity index (χ0) is 9.71. The topological polar surface area (TPSA) is 34.1 Å². The molecule has 4 atom stereocenters. The molecular weight excluding hydrogens is 176 g/mol. The second kappa shape index (κ2) is 2.66. The largest absolute Gasteiger partial charge is 0.294 e. The first-order valence-corrected chi connectivity index (χ1v) is 5.21. The number of rotatable bonds is 0. The van der Waals surface area contributed by atoms with E-state index in [0.717, 1.165) is 12.8 Å². The first kappa shape index (κ1) is 8.16. The van der Waals surface area contributed by atoms with Crippen LogP contribution >= 0.6 is 0 Å². The van der Waals surface area contributed by atoms with Gasteiger partial charge in [-0.3, -0.25) is 9.59 Å². The molecule has 0 aliphatic heterocycles. The molecule has 2 bridgehead atoms. The summed E-state index contributed by atoms with van der Waals surface area (Å²) in [5, 5.41) is 0. The Balaban J connectivity index is 2.09. The second-order valence-electron chi connectivity index (χ2n) is 4.48. The standard InChI is InChI=1S/C12H12O2/c13-9-5-6-10(14)12-8-2-1-7(3-4-8)11(9)12/h1-2,5-8,11-12H,3-4H2/t7?,8?,11-,12+. The van der Waals surface area contributed by atoms with Crippen molar-refractivity contribution in [2.45, 2.75) is 12.8 Å². The predicted octanol–water partition coefficient (Wildman–Crippen LogP) is 1.52. The number of carbonyl (C=O) groups is 2. The van der Waals surface area contributed by atoms with Crippen molar-refractivity contribution in [3.8, 4) is 0 Å². The van der Waals surface area contributed by atoms with Crippen molar-refractivity contribution in [3.63, 3.8) is 0 Å². The molecule has 4 aliphatic rings. The Morgan fingerprint density at radius 1 is 0.857 bits per heavy atom. The molecule has 0 aromatic rings. The highest BCUT2D eigenvalue weighted by atomic mass is 16.1. The van der Waals surface area contributed by atoms with Gasteiger partial charge in [0.15, 0.2) is 11.6 Å². The zero-order valence-corrected chi connectivity index (χ0v) is 7.85. The summed E-state index contributed by atoms with van der Waals surface area (Å²) < 4.78 is 0. The van der Waals surface area contributed by atoms with Crippen molar-refractivity contribution in [3.05, 3.63) is 24.3 Å². The van der Waals surface area contributed by atoms with Gasteiger partial charge in [-0.25, -0.2) is 0 Å². The van der Waals surface area contributed by atoms with Crippen LogP contribution in [0.15, 0.2) is 24.3 Å². The smallest absolute Gasteiger partial charge is 0.160 e. The van der Waals surface area contributed by atoms with E-state index in [2.05, 4.69) is 12.2 Å². The van der Waals surface area contributed by atoms with E-state index < -0.39 is 0 Å². The lowest BCUT2D eigenvalue weighted by Gasteiger charge is -2.43. The Morgan fingerprint density at radius 3 is 1.64 bits per heavy atom. The van der Waals surface area contributed by atoms with E-state index in [0.29, 0.717) is 11.8 Å². The molecular formula is C12H12O2. The Morgan fingerprint density at radius 2 is 1.29 bits per heavy atom. The number of hydrogen-bond acceptors (Lipinski definition) is 2. The summed E-state index contributed by atoms with van der Waals surface area (Å²) in [6.07, 6.45) is 9.37. The Kier molecular flexibility index (Phi) is 1.55. The number of carbonyl (C=O) groups excluding carboxylic acids is 2. The van der Waals surface area contributed by atoms with E-state index in [-0.39, 0.29) is 23.4 Å². The average molecular weight is 188 g/mol. The van der Waals surface area contributed by atoms with Crippen molar-refractivity contribution in [1.29, 1.82) is 0 Å². The van der Waals surface area contributed by atoms with Gasteiger partial charge in [0.05, 0.1) is 0 Å². The molecule has 2 heteroatoms. The molecule has 4 rings (SSSR count). The third-order valence-electron chi connectivity index (χ3n) is 3.82. The third kappa shape index (κ3) is 0.912. The summed E-state index contributed by atoms with van der Waals surface area (Å²) in [5.41, 5.74) is 0. The molecule has 0 amide bonds. The van der Waals surface area contributed by atoms with Crippen LogP contribution in [0.1, 0.15) is 12.8 Å². The summed E-state index contributed by atoms with van der Waals surface area (Å²) in [5.74, 6) is 0.910. The molecule has 2 nitrogen and oxygen atoms in total. The van der Waals surface area contributed by atoms with E-state index in [9.17, 15) is 9.59 Å². The fraction of sp³-hybridized carbons (Fsp3) is 0.500. The van der Waals surface area contributed by atoms with Gasteiger partial charge in [-0.1, -0.05) is 12.2 Å². The highest BCUT2D eigenvalue weighted by molar-refractivity contribution is 6.08. The summed E-state index contributed by atoms with van der Waals surface area (Å²) in [4.78, 5) is 23.4. The molecule has 0 saturated heterocycles. The van der Waals surface area contributed by atoms with Crippen LogP contribution in [0.2, 0.25) is 0 Å². The lowest BCUT2D eigenvalue weighted by Crippen LogP contribution is -2.46. The van der Waals surface area contributed by atoms with Crippen LogP contribution in [0.4, 0.5) is 0 Å². The summed E-state index contributed by atoms with van der Waals surface area (Å²) >= 11 is 0. The van der Waals surface area contributed by atoms with Crippen molar-refractivity contribution in [1.82, 2.24) is 0 Å². The number of fused-ring (bicyclic) bond motifs is 1. The molecule has 0 aromatic carbocycles. The second-order valence-corrected chi connectivity index (χ2v) is 4.48. The molecule has 1 fully saturated rings. The molecule has 0 radical (unpaired) electrons. The van der Waals surface area contributed by atoms with E-state index in [1.807, 2.05) is 0 Å². The van der Waals surface area contributed by atoms with Gasteiger partial charge in [-0.15, -0.1) is 0 Å². The fourth-order valence-corrected chi connectivity index (χ4v) is 3.16. The third-order valence-corrected chi connectivity index (χ3v) is 3.82. The first-order chi connectivity index (χ1) is 6.77. The van der Waals surface area contributed by atoms with Gasteiger partial charge in [0.25, 0.3) is 0 Å². The van der Waals surface area contributed by atoms with Gasteiger partial charge in [-0.05, 0) is 36.8 Å². The van der Waals surface area contributed by atoms with Crippen LogP contribution in [0.25, 0.3) is 0 Å². The van der Waals surface area contributed by atoms with Gasteiger partial charge in [0, 0.05) is 11.8 Å². The summed E-state index contributed by atoms with van der Waals surface area (Å²) in [6.45, 7) is 0. The van der Waals surface area contributed by atoms with Crippen LogP contribution in [-0.4, -0.2) is 11.6 Å². The molecule has 0 N–H and O–H groups in total. The average Bonchev–Trinajstić information content (AvgIpc) is 2.25. The van der Waals surface area contributed by atoms with Crippen LogP contribution in [0, 0.1) is 23.7 Å². The van der Waals surface area contributed by atoms with E-state index in [1.54, 1.807) is 0 Å². The van der Waals surface area contributed by atoms with E-state index in [1.165, 1.54) is 12.2 Å². The normalized spacial score (nSPS) is 44.3. The van der Waals surface area contributed by atoms with Crippen LogP contribution < -0.4 is 0 Å². The van der Waals surface area contributed by atoms with Crippen LogP contribution in [0.3, 0.4) is 0 Å². The lowest BCUT2D eigenvalue weighted by atomic mass is 9.58.